The monoisotopic (exact) mass is 320 g/mol. The summed E-state index contributed by atoms with van der Waals surface area (Å²) in [6.45, 7) is 0. The predicted octanol–water partition coefficient (Wildman–Crippen LogP) is 3.35. The van der Waals surface area contributed by atoms with E-state index in [4.69, 9.17) is 28.3 Å². The van der Waals surface area contributed by atoms with Gasteiger partial charge in [-0.3, -0.25) is 4.79 Å². The molecule has 0 aromatic heterocycles. The summed E-state index contributed by atoms with van der Waals surface area (Å²) < 4.78 is 63.5. The number of halogens is 7. The van der Waals surface area contributed by atoms with Gasteiger partial charge in [-0.05, 0) is 0 Å². The molecule has 0 heterocycles. The van der Waals surface area contributed by atoms with E-state index in [9.17, 15) is 26.7 Å². The lowest BCUT2D eigenvalue weighted by Gasteiger charge is -2.07. The van der Waals surface area contributed by atoms with Gasteiger partial charge in [0.25, 0.3) is 0 Å². The number of hydrogen-bond donors (Lipinski definition) is 1. The molecule has 1 saturated carbocycles. The number of hydrogen-bond acceptors (Lipinski definition) is 1. The lowest BCUT2D eigenvalue weighted by atomic mass is 10.1. The van der Waals surface area contributed by atoms with Crippen LogP contribution in [0.1, 0.15) is 11.5 Å². The number of rotatable bonds is 2. The fraction of sp³-hybridized carbons (Fsp3) is 0.300. The van der Waals surface area contributed by atoms with Crippen molar-refractivity contribution < 1.29 is 31.9 Å². The van der Waals surface area contributed by atoms with Crippen LogP contribution in [0.4, 0.5) is 22.0 Å². The molecule has 2 rings (SSSR count). The third-order valence-corrected chi connectivity index (χ3v) is 3.81. The van der Waals surface area contributed by atoms with Gasteiger partial charge in [0, 0.05) is 11.5 Å². The molecule has 0 radical (unpaired) electrons. The van der Waals surface area contributed by atoms with Gasteiger partial charge in [0.1, 0.15) is 10.3 Å². The van der Waals surface area contributed by atoms with Gasteiger partial charge >= 0.3 is 5.97 Å². The maximum absolute atomic E-state index is 13.4. The highest BCUT2D eigenvalue weighted by atomic mass is 35.5. The Hall–Kier alpha value is -1.08. The molecule has 1 aromatic carbocycles. The Kier molecular flexibility index (Phi) is 3.17. The van der Waals surface area contributed by atoms with Crippen molar-refractivity contribution in [2.24, 2.45) is 5.92 Å². The first kappa shape index (κ1) is 14.3. The van der Waals surface area contributed by atoms with Gasteiger partial charge in [-0.2, -0.15) is 0 Å². The fourth-order valence-corrected chi connectivity index (χ4v) is 2.67. The van der Waals surface area contributed by atoms with Crippen LogP contribution in [0.5, 0.6) is 0 Å². The summed E-state index contributed by atoms with van der Waals surface area (Å²) in [4.78, 5) is 10.7. The molecule has 2 nitrogen and oxygen atoms in total. The molecule has 0 unspecified atom stereocenters. The molecule has 19 heavy (non-hydrogen) atoms. The van der Waals surface area contributed by atoms with Crippen molar-refractivity contribution in [3.63, 3.8) is 0 Å². The summed E-state index contributed by atoms with van der Waals surface area (Å²) in [5, 5.41) is 8.72. The van der Waals surface area contributed by atoms with Gasteiger partial charge in [0.2, 0.25) is 5.82 Å². The minimum atomic E-state index is -2.33. The molecule has 1 fully saturated rings. The second kappa shape index (κ2) is 4.21. The smallest absolute Gasteiger partial charge is 0.310 e. The largest absolute Gasteiger partial charge is 0.481 e. The van der Waals surface area contributed by atoms with Crippen LogP contribution in [-0.4, -0.2) is 15.4 Å². The molecule has 0 bridgehead atoms. The van der Waals surface area contributed by atoms with Gasteiger partial charge < -0.3 is 5.11 Å². The first-order valence-corrected chi connectivity index (χ1v) is 5.49. The molecule has 1 aromatic rings. The summed E-state index contributed by atoms with van der Waals surface area (Å²) >= 11 is 11.0. The first-order chi connectivity index (χ1) is 8.62. The number of aliphatic carboxylic acids is 1. The third-order valence-electron chi connectivity index (χ3n) is 2.87. The molecule has 1 aliphatic carbocycles. The van der Waals surface area contributed by atoms with Crippen LogP contribution in [0.15, 0.2) is 0 Å². The van der Waals surface area contributed by atoms with E-state index in [0.29, 0.717) is 0 Å². The van der Waals surface area contributed by atoms with E-state index in [2.05, 4.69) is 0 Å². The van der Waals surface area contributed by atoms with Crippen molar-refractivity contribution in [3.05, 3.63) is 34.6 Å². The maximum atomic E-state index is 13.4. The summed E-state index contributed by atoms with van der Waals surface area (Å²) in [6, 6.07) is 0. The van der Waals surface area contributed by atoms with Gasteiger partial charge in [-0.1, -0.05) is 23.2 Å². The summed E-state index contributed by atoms with van der Waals surface area (Å²) in [5.41, 5.74) is -1.31. The maximum Gasteiger partial charge on any atom is 0.310 e. The van der Waals surface area contributed by atoms with E-state index < -0.39 is 56.8 Å². The number of carbonyl (C=O) groups is 1. The van der Waals surface area contributed by atoms with Crippen molar-refractivity contribution in [1.82, 2.24) is 0 Å². The van der Waals surface area contributed by atoms with Crippen molar-refractivity contribution in [2.75, 3.05) is 0 Å². The number of benzene rings is 1. The molecule has 1 N–H and O–H groups in total. The van der Waals surface area contributed by atoms with E-state index >= 15 is 0 Å². The molecule has 2 atom stereocenters. The van der Waals surface area contributed by atoms with E-state index in [1.807, 2.05) is 0 Å². The predicted molar refractivity (Wildman–Crippen MR) is 54.5 cm³/mol. The van der Waals surface area contributed by atoms with E-state index in [0.717, 1.165) is 0 Å². The average molecular weight is 321 g/mol. The van der Waals surface area contributed by atoms with Crippen LogP contribution in [-0.2, 0) is 4.79 Å². The Morgan fingerprint density at radius 1 is 0.947 bits per heavy atom. The lowest BCUT2D eigenvalue weighted by Crippen LogP contribution is -2.08. The SMILES string of the molecule is O=C(O)[C@H]1[C@H](c2c(F)c(F)c(F)c(F)c2F)C1(Cl)Cl. The Morgan fingerprint density at radius 2 is 1.32 bits per heavy atom. The van der Waals surface area contributed by atoms with Crippen molar-refractivity contribution >= 4 is 29.2 Å². The summed E-state index contributed by atoms with van der Waals surface area (Å²) in [7, 11) is 0. The van der Waals surface area contributed by atoms with Crippen molar-refractivity contribution in [2.45, 2.75) is 10.3 Å². The number of carboxylic acids is 1. The van der Waals surface area contributed by atoms with Crippen LogP contribution >= 0.6 is 23.2 Å². The topological polar surface area (TPSA) is 37.3 Å². The number of alkyl halides is 2. The van der Waals surface area contributed by atoms with Crippen LogP contribution in [0, 0.1) is 35.0 Å². The molecule has 0 saturated heterocycles. The van der Waals surface area contributed by atoms with Gasteiger partial charge in [0.15, 0.2) is 23.3 Å². The van der Waals surface area contributed by atoms with Crippen LogP contribution < -0.4 is 0 Å². The average Bonchev–Trinajstić information content (AvgIpc) is 2.87. The highest BCUT2D eigenvalue weighted by Crippen LogP contribution is 2.65. The van der Waals surface area contributed by atoms with Crippen LogP contribution in [0.3, 0.4) is 0 Å². The molecular weight excluding hydrogens is 318 g/mol. The summed E-state index contributed by atoms with van der Waals surface area (Å²) in [5.74, 6) is -15.9. The van der Waals surface area contributed by atoms with Crippen LogP contribution in [0.2, 0.25) is 0 Å². The van der Waals surface area contributed by atoms with E-state index in [1.165, 1.54) is 0 Å². The zero-order chi connectivity index (χ0) is 14.7. The minimum Gasteiger partial charge on any atom is -0.481 e. The van der Waals surface area contributed by atoms with Crippen molar-refractivity contribution in [3.8, 4) is 0 Å². The van der Waals surface area contributed by atoms with Gasteiger partial charge in [-0.15, -0.1) is 0 Å². The highest BCUT2D eigenvalue weighted by Gasteiger charge is 2.70. The first-order valence-electron chi connectivity index (χ1n) is 4.74. The third kappa shape index (κ3) is 1.87. The normalized spacial score (nSPS) is 24.4. The fourth-order valence-electron chi connectivity index (χ4n) is 1.89. The molecule has 0 amide bonds. The van der Waals surface area contributed by atoms with Crippen molar-refractivity contribution in [1.29, 1.82) is 0 Å². The quantitative estimate of drug-likeness (QED) is 0.393. The zero-order valence-corrected chi connectivity index (χ0v) is 10.2. The van der Waals surface area contributed by atoms with E-state index in [-0.39, 0.29) is 0 Å². The molecule has 0 aliphatic heterocycles. The minimum absolute atomic E-state index is 1.31. The summed E-state index contributed by atoms with van der Waals surface area (Å²) in [6.07, 6.45) is 0. The Morgan fingerprint density at radius 3 is 1.63 bits per heavy atom. The Bertz CT molecular complexity index is 561. The lowest BCUT2D eigenvalue weighted by molar-refractivity contribution is -0.138. The standard InChI is InChI=1S/C10H3Cl2F5O2/c11-10(12)2(3(10)9(18)19)1-4(13)6(15)8(17)7(16)5(1)14/h2-3H,(H,18,19)/t2-,3+/m0/s1. The molecule has 1 aliphatic rings. The molecular formula is C10H3Cl2F5O2. The molecule has 0 spiro atoms. The van der Waals surface area contributed by atoms with Gasteiger partial charge in [-0.25, -0.2) is 22.0 Å². The molecule has 9 heteroatoms. The Labute approximate surface area is 112 Å². The van der Waals surface area contributed by atoms with E-state index in [1.54, 1.807) is 0 Å². The van der Waals surface area contributed by atoms with Crippen LogP contribution in [0.25, 0.3) is 0 Å². The highest BCUT2D eigenvalue weighted by molar-refractivity contribution is 6.53. The zero-order valence-electron chi connectivity index (χ0n) is 8.66. The Balaban J connectivity index is 2.63. The molecule has 104 valence electrons. The van der Waals surface area contributed by atoms with Gasteiger partial charge in [0.05, 0.1) is 0 Å². The number of carboxylic acid groups (broad SMARTS) is 1. The second-order valence-electron chi connectivity index (χ2n) is 3.95. The second-order valence-corrected chi connectivity index (χ2v) is 5.40.